The van der Waals surface area contributed by atoms with Gasteiger partial charge in [-0.2, -0.15) is 10.4 Å². The molecule has 0 spiro atoms. The molecule has 0 aromatic heterocycles. The third-order valence-electron chi connectivity index (χ3n) is 4.23. The van der Waals surface area contributed by atoms with Crippen LogP contribution in [0.3, 0.4) is 0 Å². The first-order valence-corrected chi connectivity index (χ1v) is 7.83. The number of nitrogens with zero attached hydrogens (tertiary/aromatic N) is 3. The van der Waals surface area contributed by atoms with Crippen LogP contribution in [0, 0.1) is 28.1 Å². The Morgan fingerprint density at radius 3 is 2.50 bits per heavy atom. The summed E-state index contributed by atoms with van der Waals surface area (Å²) in [6, 6.07) is 2.46. The molecule has 1 aliphatic rings. The number of nitrogens with one attached hydrogen (secondary N) is 1. The normalized spacial score (nSPS) is 19.0. The molecule has 0 fully saturated rings. The molecule has 1 atom stereocenters. The lowest BCUT2D eigenvalue weighted by Crippen LogP contribution is -2.32. The monoisotopic (exact) mass is 302 g/mol. The second-order valence-corrected chi connectivity index (χ2v) is 7.64. The second-order valence-electron chi connectivity index (χ2n) is 7.64. The van der Waals surface area contributed by atoms with E-state index in [9.17, 15) is 5.26 Å². The molecule has 22 heavy (non-hydrogen) atoms. The van der Waals surface area contributed by atoms with Crippen LogP contribution in [-0.4, -0.2) is 32.0 Å². The molecule has 4 nitrogen and oxygen atoms in total. The highest BCUT2D eigenvalue weighted by atomic mass is 15.5. The van der Waals surface area contributed by atoms with Crippen LogP contribution in [0.2, 0.25) is 0 Å². The summed E-state index contributed by atoms with van der Waals surface area (Å²) in [6.45, 7) is 15.7. The van der Waals surface area contributed by atoms with Crippen molar-refractivity contribution in [1.82, 2.24) is 10.3 Å². The molecule has 1 unspecified atom stereocenters. The molecular weight excluding hydrogens is 272 g/mol. The molecule has 122 valence electrons. The van der Waals surface area contributed by atoms with E-state index < -0.39 is 0 Å². The van der Waals surface area contributed by atoms with Gasteiger partial charge in [0, 0.05) is 6.72 Å². The molecule has 0 bridgehead atoms. The minimum absolute atomic E-state index is 0.0743. The fourth-order valence-corrected chi connectivity index (χ4v) is 2.58. The maximum absolute atomic E-state index is 9.49. The Morgan fingerprint density at radius 2 is 2.05 bits per heavy atom. The van der Waals surface area contributed by atoms with Crippen LogP contribution in [0.25, 0.3) is 0 Å². The van der Waals surface area contributed by atoms with E-state index >= 15 is 0 Å². The average molecular weight is 302 g/mol. The summed E-state index contributed by atoms with van der Waals surface area (Å²) in [5.41, 5.74) is 2.31. The third-order valence-corrected chi connectivity index (χ3v) is 4.23. The van der Waals surface area contributed by atoms with E-state index in [4.69, 9.17) is 0 Å². The van der Waals surface area contributed by atoms with Gasteiger partial charge in [-0.1, -0.05) is 32.9 Å². The lowest BCUT2D eigenvalue weighted by Gasteiger charge is -2.35. The zero-order valence-corrected chi connectivity index (χ0v) is 14.9. The Balaban J connectivity index is 3.08. The van der Waals surface area contributed by atoms with Gasteiger partial charge in [0.1, 0.15) is 0 Å². The zero-order valence-electron chi connectivity index (χ0n) is 14.9. The van der Waals surface area contributed by atoms with Crippen molar-refractivity contribution in [3.05, 3.63) is 23.3 Å². The summed E-state index contributed by atoms with van der Waals surface area (Å²) in [5, 5.41) is 18.6. The lowest BCUT2D eigenvalue weighted by atomic mass is 9.70. The summed E-state index contributed by atoms with van der Waals surface area (Å²) in [6.07, 6.45) is 5.46. The molecule has 1 rings (SSSR count). The van der Waals surface area contributed by atoms with Crippen LogP contribution in [-0.2, 0) is 0 Å². The van der Waals surface area contributed by atoms with Gasteiger partial charge in [-0.05, 0) is 49.8 Å². The smallest absolute Gasteiger partial charge is 0.0855 e. The number of hydrazone groups is 1. The molecule has 0 saturated carbocycles. The van der Waals surface area contributed by atoms with Crippen LogP contribution in [0.1, 0.15) is 41.0 Å². The van der Waals surface area contributed by atoms with Crippen LogP contribution in [0.15, 0.2) is 28.4 Å². The largest absolute Gasteiger partial charge is 0.302 e. The Hall–Kier alpha value is -1.60. The van der Waals surface area contributed by atoms with Crippen molar-refractivity contribution in [2.75, 3.05) is 20.3 Å². The number of hydrogen-bond acceptors (Lipinski definition) is 4. The number of rotatable bonds is 6. The Morgan fingerprint density at radius 1 is 1.41 bits per heavy atom. The van der Waals surface area contributed by atoms with Gasteiger partial charge in [0.25, 0.3) is 0 Å². The first-order chi connectivity index (χ1) is 10.1. The molecular formula is C18H30N4. The van der Waals surface area contributed by atoms with E-state index in [1.807, 2.05) is 25.9 Å². The number of allylic oxidation sites excluding steroid dienone is 3. The van der Waals surface area contributed by atoms with Crippen LogP contribution in [0.5, 0.6) is 0 Å². The van der Waals surface area contributed by atoms with Gasteiger partial charge in [0.15, 0.2) is 0 Å². The fourth-order valence-electron chi connectivity index (χ4n) is 2.58. The molecule has 1 aliphatic carbocycles. The predicted octanol–water partition coefficient (Wildman–Crippen LogP) is 3.55. The van der Waals surface area contributed by atoms with E-state index in [0.29, 0.717) is 6.67 Å². The van der Waals surface area contributed by atoms with Crippen molar-refractivity contribution in [2.24, 2.45) is 21.8 Å². The summed E-state index contributed by atoms with van der Waals surface area (Å²) in [7, 11) is 1.90. The standard InChI is InChI=1S/C18H30N4/c1-17(2,3)15-8-14(11-22(21-7)13-20-6)9-16(10-15)18(4,5)12-19/h8,10,16,20H,7,9,11,13H2,1-6H3. The molecule has 4 heteroatoms. The first-order valence-electron chi connectivity index (χ1n) is 7.83. The van der Waals surface area contributed by atoms with Crippen LogP contribution in [0.4, 0.5) is 0 Å². The van der Waals surface area contributed by atoms with Gasteiger partial charge in [-0.3, -0.25) is 5.01 Å². The Labute approximate surface area is 135 Å². The molecule has 0 aromatic rings. The van der Waals surface area contributed by atoms with Gasteiger partial charge in [0.05, 0.1) is 24.7 Å². The van der Waals surface area contributed by atoms with Gasteiger partial charge in [-0.15, -0.1) is 0 Å². The Bertz CT molecular complexity index is 500. The van der Waals surface area contributed by atoms with Crippen LogP contribution < -0.4 is 5.32 Å². The van der Waals surface area contributed by atoms with Crippen molar-refractivity contribution in [2.45, 2.75) is 41.0 Å². The molecule has 1 N–H and O–H groups in total. The molecule has 0 aromatic carbocycles. The van der Waals surface area contributed by atoms with Crippen molar-refractivity contribution < 1.29 is 0 Å². The van der Waals surface area contributed by atoms with Crippen molar-refractivity contribution >= 4 is 6.72 Å². The maximum atomic E-state index is 9.49. The zero-order chi connectivity index (χ0) is 17.0. The fraction of sp³-hybridized carbons (Fsp3) is 0.667. The van der Waals surface area contributed by atoms with Gasteiger partial charge in [-0.25, -0.2) is 0 Å². The van der Waals surface area contributed by atoms with Gasteiger partial charge >= 0.3 is 0 Å². The molecule has 0 amide bonds. The third kappa shape index (κ3) is 4.71. The van der Waals surface area contributed by atoms with Crippen molar-refractivity contribution in [3.63, 3.8) is 0 Å². The molecule has 0 radical (unpaired) electrons. The molecule has 0 heterocycles. The lowest BCUT2D eigenvalue weighted by molar-refractivity contribution is 0.280. The molecule has 0 aliphatic heterocycles. The van der Waals surface area contributed by atoms with Crippen LogP contribution >= 0.6 is 0 Å². The Kier molecular flexibility index (Phi) is 5.96. The van der Waals surface area contributed by atoms with Gasteiger partial charge < -0.3 is 5.32 Å². The number of hydrogen-bond donors (Lipinski definition) is 1. The van der Waals surface area contributed by atoms with E-state index in [1.54, 1.807) is 0 Å². The second kappa shape index (κ2) is 7.11. The van der Waals surface area contributed by atoms with Gasteiger partial charge in [0.2, 0.25) is 0 Å². The highest BCUT2D eigenvalue weighted by molar-refractivity contribution is 5.35. The SMILES string of the molecule is C=NN(CNC)CC1=CC(C(C)(C)C)=CC(C(C)(C)C#N)C1. The summed E-state index contributed by atoms with van der Waals surface area (Å²) in [5.74, 6) is 0.230. The van der Waals surface area contributed by atoms with E-state index in [2.05, 4.69) is 56.1 Å². The predicted molar refractivity (Wildman–Crippen MR) is 93.3 cm³/mol. The quantitative estimate of drug-likeness (QED) is 0.464. The highest BCUT2D eigenvalue weighted by Gasteiger charge is 2.33. The van der Waals surface area contributed by atoms with E-state index in [1.165, 1.54) is 11.1 Å². The summed E-state index contributed by atoms with van der Waals surface area (Å²) in [4.78, 5) is 0. The van der Waals surface area contributed by atoms with Crippen molar-refractivity contribution in [3.8, 4) is 6.07 Å². The summed E-state index contributed by atoms with van der Waals surface area (Å²) < 4.78 is 0. The first kappa shape index (κ1) is 18.4. The van der Waals surface area contributed by atoms with E-state index in [-0.39, 0.29) is 16.7 Å². The average Bonchev–Trinajstić information content (AvgIpc) is 2.45. The number of nitriles is 1. The highest BCUT2D eigenvalue weighted by Crippen LogP contribution is 2.40. The minimum atomic E-state index is -0.370. The maximum Gasteiger partial charge on any atom is 0.0855 e. The molecule has 0 saturated heterocycles. The minimum Gasteiger partial charge on any atom is -0.302 e. The van der Waals surface area contributed by atoms with Crippen molar-refractivity contribution in [1.29, 1.82) is 5.26 Å². The van der Waals surface area contributed by atoms with E-state index in [0.717, 1.165) is 13.0 Å². The topological polar surface area (TPSA) is 51.4 Å². The summed E-state index contributed by atoms with van der Waals surface area (Å²) >= 11 is 0.